The molecule has 0 unspecified atom stereocenters. The van der Waals surface area contributed by atoms with Gasteiger partial charge in [0.05, 0.1) is 17.7 Å². The molecule has 27 heavy (non-hydrogen) atoms. The lowest BCUT2D eigenvalue weighted by Crippen LogP contribution is -2.47. The predicted molar refractivity (Wildman–Crippen MR) is 107 cm³/mol. The standard InChI is InChI=1S/C20H24N2O4S/c1-15(23)16-4-9-20(27(3,24)25)19(14-16)22-12-10-21(11-13-22)17-5-7-18(26-2)8-6-17/h4-9,14H,10-13H2,1-3H3. The van der Waals surface area contributed by atoms with Crippen LogP contribution < -0.4 is 14.5 Å². The summed E-state index contributed by atoms with van der Waals surface area (Å²) < 4.78 is 29.6. The van der Waals surface area contributed by atoms with Gasteiger partial charge in [0.15, 0.2) is 15.6 Å². The third kappa shape index (κ3) is 4.24. The monoisotopic (exact) mass is 388 g/mol. The van der Waals surface area contributed by atoms with E-state index in [9.17, 15) is 13.2 Å². The Kier molecular flexibility index (Phi) is 5.41. The van der Waals surface area contributed by atoms with Gasteiger partial charge in [0.25, 0.3) is 0 Å². The number of sulfone groups is 1. The van der Waals surface area contributed by atoms with Crippen molar-refractivity contribution in [2.45, 2.75) is 11.8 Å². The number of ketones is 1. The largest absolute Gasteiger partial charge is 0.497 e. The summed E-state index contributed by atoms with van der Waals surface area (Å²) in [7, 11) is -1.74. The normalized spacial score (nSPS) is 14.9. The Morgan fingerprint density at radius 2 is 1.56 bits per heavy atom. The topological polar surface area (TPSA) is 66.9 Å². The highest BCUT2D eigenvalue weighted by atomic mass is 32.2. The fraction of sp³-hybridized carbons (Fsp3) is 0.350. The number of ether oxygens (including phenoxy) is 1. The van der Waals surface area contributed by atoms with Crippen LogP contribution in [0.2, 0.25) is 0 Å². The fourth-order valence-electron chi connectivity index (χ4n) is 3.30. The molecule has 0 spiro atoms. The van der Waals surface area contributed by atoms with Gasteiger partial charge in [-0.05, 0) is 49.4 Å². The van der Waals surface area contributed by atoms with E-state index in [4.69, 9.17) is 4.74 Å². The Morgan fingerprint density at radius 1 is 0.963 bits per heavy atom. The predicted octanol–water partition coefficient (Wildman–Crippen LogP) is 2.63. The molecule has 2 aromatic rings. The van der Waals surface area contributed by atoms with Gasteiger partial charge >= 0.3 is 0 Å². The number of anilines is 2. The van der Waals surface area contributed by atoms with Crippen molar-refractivity contribution in [1.82, 2.24) is 0 Å². The molecule has 0 N–H and O–H groups in total. The number of rotatable bonds is 5. The molecule has 1 heterocycles. The molecule has 0 saturated carbocycles. The van der Waals surface area contributed by atoms with Crippen molar-refractivity contribution in [2.75, 3.05) is 49.3 Å². The molecular formula is C20H24N2O4S. The zero-order valence-electron chi connectivity index (χ0n) is 15.8. The van der Waals surface area contributed by atoms with Gasteiger partial charge < -0.3 is 14.5 Å². The Bertz CT molecular complexity index is 931. The summed E-state index contributed by atoms with van der Waals surface area (Å²) in [6.07, 6.45) is 1.20. The summed E-state index contributed by atoms with van der Waals surface area (Å²) in [5, 5.41) is 0. The van der Waals surface area contributed by atoms with Crippen LogP contribution in [-0.4, -0.2) is 53.7 Å². The second-order valence-electron chi connectivity index (χ2n) is 6.68. The number of hydrogen-bond donors (Lipinski definition) is 0. The van der Waals surface area contributed by atoms with Gasteiger partial charge in [0.2, 0.25) is 0 Å². The highest BCUT2D eigenvalue weighted by Crippen LogP contribution is 2.29. The van der Waals surface area contributed by atoms with Gasteiger partial charge in [-0.1, -0.05) is 0 Å². The minimum atomic E-state index is -3.38. The maximum absolute atomic E-state index is 12.2. The first-order valence-electron chi connectivity index (χ1n) is 8.78. The van der Waals surface area contributed by atoms with E-state index in [0.717, 1.165) is 24.5 Å². The number of Topliss-reactive ketones (excluding diaryl/α,β-unsaturated/α-hetero) is 1. The van der Waals surface area contributed by atoms with E-state index in [1.54, 1.807) is 19.2 Å². The van der Waals surface area contributed by atoms with Crippen molar-refractivity contribution in [3.63, 3.8) is 0 Å². The molecule has 0 radical (unpaired) electrons. The quantitative estimate of drug-likeness (QED) is 0.734. The summed E-state index contributed by atoms with van der Waals surface area (Å²) in [6.45, 7) is 4.37. The first-order valence-corrected chi connectivity index (χ1v) is 10.7. The highest BCUT2D eigenvalue weighted by molar-refractivity contribution is 7.90. The molecule has 1 saturated heterocycles. The van der Waals surface area contributed by atoms with E-state index in [2.05, 4.69) is 4.90 Å². The third-order valence-corrected chi connectivity index (χ3v) is 5.97. The number of hydrogen-bond acceptors (Lipinski definition) is 6. The zero-order valence-corrected chi connectivity index (χ0v) is 16.6. The average Bonchev–Trinajstić information content (AvgIpc) is 2.67. The lowest BCUT2D eigenvalue weighted by molar-refractivity contribution is 0.101. The summed E-state index contributed by atoms with van der Waals surface area (Å²) >= 11 is 0. The Morgan fingerprint density at radius 3 is 2.07 bits per heavy atom. The van der Waals surface area contributed by atoms with Crippen molar-refractivity contribution in [3.8, 4) is 5.75 Å². The molecule has 144 valence electrons. The van der Waals surface area contributed by atoms with Crippen LogP contribution in [0.1, 0.15) is 17.3 Å². The number of methoxy groups -OCH3 is 1. The van der Waals surface area contributed by atoms with Crippen LogP contribution in [0.3, 0.4) is 0 Å². The second kappa shape index (κ2) is 7.60. The first kappa shape index (κ1) is 19.2. The van der Waals surface area contributed by atoms with Crippen molar-refractivity contribution in [3.05, 3.63) is 48.0 Å². The van der Waals surface area contributed by atoms with E-state index in [1.807, 2.05) is 29.2 Å². The van der Waals surface area contributed by atoms with Crippen LogP contribution in [0.15, 0.2) is 47.4 Å². The zero-order chi connectivity index (χ0) is 19.6. The van der Waals surface area contributed by atoms with Gasteiger partial charge in [-0.3, -0.25) is 4.79 Å². The van der Waals surface area contributed by atoms with Crippen LogP contribution in [0, 0.1) is 0 Å². The van der Waals surface area contributed by atoms with Gasteiger partial charge in [0.1, 0.15) is 5.75 Å². The van der Waals surface area contributed by atoms with Crippen molar-refractivity contribution in [1.29, 1.82) is 0 Å². The maximum atomic E-state index is 12.2. The van der Waals surface area contributed by atoms with Gasteiger partial charge in [0, 0.05) is 43.7 Å². The minimum absolute atomic E-state index is 0.0758. The fourth-order valence-corrected chi connectivity index (χ4v) is 4.18. The van der Waals surface area contributed by atoms with Crippen LogP contribution in [0.4, 0.5) is 11.4 Å². The molecule has 0 amide bonds. The van der Waals surface area contributed by atoms with Gasteiger partial charge in [-0.25, -0.2) is 8.42 Å². The van der Waals surface area contributed by atoms with Crippen LogP contribution in [-0.2, 0) is 9.84 Å². The molecule has 0 aliphatic carbocycles. The molecule has 0 atom stereocenters. The third-order valence-electron chi connectivity index (χ3n) is 4.82. The molecule has 6 nitrogen and oxygen atoms in total. The van der Waals surface area contributed by atoms with Crippen LogP contribution in [0.25, 0.3) is 0 Å². The Hall–Kier alpha value is -2.54. The molecule has 1 fully saturated rings. The summed E-state index contributed by atoms with van der Waals surface area (Å²) in [4.78, 5) is 16.3. The van der Waals surface area contributed by atoms with E-state index in [1.165, 1.54) is 19.2 Å². The highest BCUT2D eigenvalue weighted by Gasteiger charge is 2.23. The average molecular weight is 388 g/mol. The Balaban J connectivity index is 1.82. The first-order chi connectivity index (χ1) is 12.8. The van der Waals surface area contributed by atoms with E-state index in [0.29, 0.717) is 24.3 Å². The number of benzene rings is 2. The molecule has 0 bridgehead atoms. The summed E-state index contributed by atoms with van der Waals surface area (Å²) in [5.41, 5.74) is 2.24. The van der Waals surface area contributed by atoms with Gasteiger partial charge in [-0.2, -0.15) is 0 Å². The maximum Gasteiger partial charge on any atom is 0.177 e. The molecule has 0 aromatic heterocycles. The van der Waals surface area contributed by atoms with E-state index in [-0.39, 0.29) is 10.7 Å². The van der Waals surface area contributed by atoms with Crippen molar-refractivity contribution in [2.24, 2.45) is 0 Å². The van der Waals surface area contributed by atoms with E-state index >= 15 is 0 Å². The summed E-state index contributed by atoms with van der Waals surface area (Å²) in [5.74, 6) is 0.740. The van der Waals surface area contributed by atoms with E-state index < -0.39 is 9.84 Å². The molecule has 1 aliphatic heterocycles. The van der Waals surface area contributed by atoms with Crippen LogP contribution >= 0.6 is 0 Å². The van der Waals surface area contributed by atoms with Crippen LogP contribution in [0.5, 0.6) is 5.75 Å². The SMILES string of the molecule is COc1ccc(N2CCN(c3cc(C(C)=O)ccc3S(C)(=O)=O)CC2)cc1. The Labute approximate surface area is 160 Å². The number of carbonyl (C=O) groups excluding carboxylic acids is 1. The lowest BCUT2D eigenvalue weighted by atomic mass is 10.1. The molecule has 7 heteroatoms. The molecular weight excluding hydrogens is 364 g/mol. The summed E-state index contributed by atoms with van der Waals surface area (Å²) in [6, 6.07) is 12.7. The van der Waals surface area contributed by atoms with Crippen molar-refractivity contribution < 1.29 is 17.9 Å². The number of piperazine rings is 1. The molecule has 1 aliphatic rings. The van der Waals surface area contributed by atoms with Gasteiger partial charge in [-0.15, -0.1) is 0 Å². The number of carbonyl (C=O) groups is 1. The smallest absolute Gasteiger partial charge is 0.177 e. The van der Waals surface area contributed by atoms with Crippen molar-refractivity contribution >= 4 is 27.0 Å². The second-order valence-corrected chi connectivity index (χ2v) is 8.67. The lowest BCUT2D eigenvalue weighted by Gasteiger charge is -2.38. The number of nitrogens with zero attached hydrogens (tertiary/aromatic N) is 2. The molecule has 3 rings (SSSR count). The molecule has 2 aromatic carbocycles. The minimum Gasteiger partial charge on any atom is -0.497 e.